The normalized spacial score (nSPS) is 14.4. The predicted octanol–water partition coefficient (Wildman–Crippen LogP) is 0.998. The minimum absolute atomic E-state index is 0.000251. The molecule has 0 aliphatic carbocycles. The molecule has 0 saturated heterocycles. The minimum Gasteiger partial charge on any atom is -0.399 e. The molecule has 2 aromatic heterocycles. The Morgan fingerprint density at radius 1 is 1.33 bits per heavy atom. The number of fused-ring (bicyclic) bond motifs is 2. The van der Waals surface area contributed by atoms with Crippen molar-refractivity contribution in [3.05, 3.63) is 42.1 Å². The van der Waals surface area contributed by atoms with E-state index in [4.69, 9.17) is 5.73 Å². The Morgan fingerprint density at radius 2 is 2.24 bits per heavy atom. The summed E-state index contributed by atoms with van der Waals surface area (Å²) in [5.41, 5.74) is 7.97. The van der Waals surface area contributed by atoms with E-state index in [0.717, 1.165) is 23.3 Å². The van der Waals surface area contributed by atoms with Crippen molar-refractivity contribution in [3.63, 3.8) is 0 Å². The Hall–Kier alpha value is -2.83. The molecule has 0 radical (unpaired) electrons. The van der Waals surface area contributed by atoms with E-state index >= 15 is 0 Å². The number of benzene rings is 1. The van der Waals surface area contributed by atoms with E-state index < -0.39 is 0 Å². The maximum Gasteiger partial charge on any atom is 0.256 e. The number of amides is 1. The number of nitrogens with one attached hydrogen (secondary N) is 1. The average molecular weight is 282 g/mol. The van der Waals surface area contributed by atoms with Crippen molar-refractivity contribution >= 4 is 22.5 Å². The maximum absolute atomic E-state index is 12.7. The number of nitrogens with two attached hydrogens (primary N) is 1. The number of carbonyl (C=O) groups is 1. The van der Waals surface area contributed by atoms with Gasteiger partial charge in [0.05, 0.1) is 12.1 Å². The van der Waals surface area contributed by atoms with Crippen LogP contribution in [0, 0.1) is 0 Å². The van der Waals surface area contributed by atoms with Gasteiger partial charge in [-0.15, -0.1) is 10.2 Å². The SMILES string of the molecule is Nc1ccc2c(C(=O)N3CCn4cnnc4C3)c[nH]c2c1. The van der Waals surface area contributed by atoms with Crippen LogP contribution in [-0.2, 0) is 13.1 Å². The van der Waals surface area contributed by atoms with Gasteiger partial charge in [-0.2, -0.15) is 0 Å². The molecule has 1 aliphatic rings. The van der Waals surface area contributed by atoms with Crippen LogP contribution in [0.1, 0.15) is 16.2 Å². The number of hydrogen-bond donors (Lipinski definition) is 2. The van der Waals surface area contributed by atoms with Crippen molar-refractivity contribution < 1.29 is 4.79 Å². The van der Waals surface area contributed by atoms with Gasteiger partial charge in [-0.1, -0.05) is 0 Å². The third-order valence-corrected chi connectivity index (χ3v) is 3.86. The lowest BCUT2D eigenvalue weighted by Gasteiger charge is -2.26. The van der Waals surface area contributed by atoms with Gasteiger partial charge in [0.2, 0.25) is 0 Å². The summed E-state index contributed by atoms with van der Waals surface area (Å²) in [5.74, 6) is 0.818. The van der Waals surface area contributed by atoms with Crippen molar-refractivity contribution in [2.75, 3.05) is 12.3 Å². The van der Waals surface area contributed by atoms with Crippen LogP contribution in [0.4, 0.5) is 5.69 Å². The van der Waals surface area contributed by atoms with E-state index in [1.807, 2.05) is 16.7 Å². The van der Waals surface area contributed by atoms with Crippen LogP contribution < -0.4 is 5.73 Å². The first-order valence-electron chi connectivity index (χ1n) is 6.75. The molecule has 4 rings (SSSR count). The Balaban J connectivity index is 1.68. The first-order chi connectivity index (χ1) is 10.2. The summed E-state index contributed by atoms with van der Waals surface area (Å²) in [5, 5.41) is 8.80. The second-order valence-electron chi connectivity index (χ2n) is 5.17. The number of H-pyrrole nitrogens is 1. The Bertz CT molecular complexity index is 833. The van der Waals surface area contributed by atoms with Gasteiger partial charge in [0.1, 0.15) is 6.33 Å². The van der Waals surface area contributed by atoms with E-state index in [1.54, 1.807) is 23.5 Å². The quantitative estimate of drug-likeness (QED) is 0.651. The molecule has 0 saturated carbocycles. The highest BCUT2D eigenvalue weighted by Gasteiger charge is 2.24. The summed E-state index contributed by atoms with van der Waals surface area (Å²) in [6.45, 7) is 1.87. The van der Waals surface area contributed by atoms with E-state index in [9.17, 15) is 4.79 Å². The summed E-state index contributed by atoms with van der Waals surface area (Å²) in [7, 11) is 0. The summed E-state index contributed by atoms with van der Waals surface area (Å²) in [6, 6.07) is 5.51. The van der Waals surface area contributed by atoms with Gasteiger partial charge >= 0.3 is 0 Å². The lowest BCUT2D eigenvalue weighted by Crippen LogP contribution is -2.38. The lowest BCUT2D eigenvalue weighted by molar-refractivity contribution is 0.0709. The monoisotopic (exact) mass is 282 g/mol. The van der Waals surface area contributed by atoms with Gasteiger partial charge in [-0.05, 0) is 18.2 Å². The number of nitrogens with zero attached hydrogens (tertiary/aromatic N) is 4. The highest BCUT2D eigenvalue weighted by molar-refractivity contribution is 6.07. The second kappa shape index (κ2) is 4.34. The molecule has 1 amide bonds. The molecule has 3 heterocycles. The minimum atomic E-state index is 0.000251. The number of nitrogen functional groups attached to an aromatic ring is 1. The van der Waals surface area contributed by atoms with E-state index in [1.165, 1.54) is 0 Å². The highest BCUT2D eigenvalue weighted by Crippen LogP contribution is 2.23. The molecular formula is C14H14N6O. The Kier molecular flexibility index (Phi) is 2.47. The van der Waals surface area contributed by atoms with Crippen molar-refractivity contribution in [1.29, 1.82) is 0 Å². The van der Waals surface area contributed by atoms with E-state index in [0.29, 0.717) is 24.3 Å². The molecule has 3 aromatic rings. The zero-order valence-corrected chi connectivity index (χ0v) is 11.3. The molecule has 0 spiro atoms. The van der Waals surface area contributed by atoms with Gasteiger partial charge < -0.3 is 20.2 Å². The van der Waals surface area contributed by atoms with Crippen LogP contribution >= 0.6 is 0 Å². The fraction of sp³-hybridized carbons (Fsp3) is 0.214. The first kappa shape index (κ1) is 12.0. The molecule has 1 aromatic carbocycles. The van der Waals surface area contributed by atoms with Gasteiger partial charge in [0.25, 0.3) is 5.91 Å². The molecule has 3 N–H and O–H groups in total. The molecule has 106 valence electrons. The van der Waals surface area contributed by atoms with Crippen LogP contribution in [-0.4, -0.2) is 37.1 Å². The number of rotatable bonds is 1. The number of carbonyl (C=O) groups excluding carboxylic acids is 1. The highest BCUT2D eigenvalue weighted by atomic mass is 16.2. The van der Waals surface area contributed by atoms with Gasteiger partial charge in [0, 0.05) is 35.9 Å². The van der Waals surface area contributed by atoms with Crippen molar-refractivity contribution in [1.82, 2.24) is 24.6 Å². The number of aromatic amines is 1. The average Bonchev–Trinajstić information content (AvgIpc) is 3.11. The molecular weight excluding hydrogens is 268 g/mol. The van der Waals surface area contributed by atoms with Gasteiger partial charge in [0.15, 0.2) is 5.82 Å². The Morgan fingerprint density at radius 3 is 3.14 bits per heavy atom. The molecule has 7 heteroatoms. The third-order valence-electron chi connectivity index (χ3n) is 3.86. The summed E-state index contributed by atoms with van der Waals surface area (Å²) in [6.07, 6.45) is 3.44. The third kappa shape index (κ3) is 1.85. The number of hydrogen-bond acceptors (Lipinski definition) is 4. The zero-order chi connectivity index (χ0) is 14.4. The van der Waals surface area contributed by atoms with E-state index in [2.05, 4.69) is 15.2 Å². The molecule has 0 fully saturated rings. The van der Waals surface area contributed by atoms with Crippen LogP contribution in [0.25, 0.3) is 10.9 Å². The second-order valence-corrected chi connectivity index (χ2v) is 5.17. The summed E-state index contributed by atoms with van der Waals surface area (Å²) in [4.78, 5) is 17.6. The van der Waals surface area contributed by atoms with Crippen LogP contribution in [0.2, 0.25) is 0 Å². The Labute approximate surface area is 120 Å². The molecule has 0 bridgehead atoms. The van der Waals surface area contributed by atoms with Crippen molar-refractivity contribution in [3.8, 4) is 0 Å². The van der Waals surface area contributed by atoms with Crippen LogP contribution in [0.5, 0.6) is 0 Å². The molecule has 0 atom stereocenters. The number of anilines is 1. The fourth-order valence-electron chi connectivity index (χ4n) is 2.73. The molecule has 1 aliphatic heterocycles. The van der Waals surface area contributed by atoms with Crippen molar-refractivity contribution in [2.45, 2.75) is 13.1 Å². The fourth-order valence-corrected chi connectivity index (χ4v) is 2.73. The topological polar surface area (TPSA) is 92.8 Å². The maximum atomic E-state index is 12.7. The molecule has 0 unspecified atom stereocenters. The van der Waals surface area contributed by atoms with Crippen LogP contribution in [0.15, 0.2) is 30.7 Å². The molecule has 7 nitrogen and oxygen atoms in total. The predicted molar refractivity (Wildman–Crippen MR) is 77.5 cm³/mol. The smallest absolute Gasteiger partial charge is 0.256 e. The van der Waals surface area contributed by atoms with Gasteiger partial charge in [-0.3, -0.25) is 4.79 Å². The standard InChI is InChI=1S/C14H14N6O/c15-9-1-2-10-11(6-16-12(10)5-9)14(21)19-3-4-20-8-17-18-13(20)7-19/h1-2,5-6,8,16H,3-4,7,15H2. The largest absolute Gasteiger partial charge is 0.399 e. The number of aromatic nitrogens is 4. The van der Waals surface area contributed by atoms with Crippen molar-refractivity contribution in [2.24, 2.45) is 0 Å². The molecule has 21 heavy (non-hydrogen) atoms. The summed E-state index contributed by atoms with van der Waals surface area (Å²) >= 11 is 0. The first-order valence-corrected chi connectivity index (χ1v) is 6.75. The van der Waals surface area contributed by atoms with Crippen LogP contribution in [0.3, 0.4) is 0 Å². The summed E-state index contributed by atoms with van der Waals surface area (Å²) < 4.78 is 1.97. The zero-order valence-electron chi connectivity index (χ0n) is 11.3. The van der Waals surface area contributed by atoms with E-state index in [-0.39, 0.29) is 5.91 Å². The van der Waals surface area contributed by atoms with Gasteiger partial charge in [-0.25, -0.2) is 0 Å². The lowest BCUT2D eigenvalue weighted by atomic mass is 10.1.